The number of hydrogen-bond acceptors (Lipinski definition) is 5. The average Bonchev–Trinajstić information content (AvgIpc) is 2.86. The zero-order chi connectivity index (χ0) is 13.2. The maximum Gasteiger partial charge on any atom is 0.231 e. The van der Waals surface area contributed by atoms with Gasteiger partial charge in [0.05, 0.1) is 12.7 Å². The van der Waals surface area contributed by atoms with Gasteiger partial charge in [-0.15, -0.1) is 0 Å². The summed E-state index contributed by atoms with van der Waals surface area (Å²) < 4.78 is 16.2. The normalized spacial score (nSPS) is 22.7. The van der Waals surface area contributed by atoms with Crippen LogP contribution in [0.2, 0.25) is 0 Å². The third-order valence-corrected chi connectivity index (χ3v) is 3.65. The van der Waals surface area contributed by atoms with Crippen molar-refractivity contribution < 1.29 is 19.3 Å². The van der Waals surface area contributed by atoms with Crippen molar-refractivity contribution in [2.75, 3.05) is 26.5 Å². The lowest BCUT2D eigenvalue weighted by atomic mass is 10.1. The Bertz CT molecular complexity index is 463. The second-order valence-corrected chi connectivity index (χ2v) is 4.97. The molecule has 2 aliphatic rings. The Morgan fingerprint density at radius 1 is 1.32 bits per heavy atom. The van der Waals surface area contributed by atoms with Crippen LogP contribution in [-0.4, -0.2) is 42.6 Å². The van der Waals surface area contributed by atoms with Crippen LogP contribution in [0.25, 0.3) is 0 Å². The molecule has 0 unspecified atom stereocenters. The van der Waals surface area contributed by atoms with Crippen molar-refractivity contribution in [1.82, 2.24) is 4.90 Å². The molecule has 0 bridgehead atoms. The Hall–Kier alpha value is -1.46. The molecule has 0 radical (unpaired) electrons. The van der Waals surface area contributed by atoms with E-state index in [0.29, 0.717) is 24.1 Å². The first-order valence-corrected chi connectivity index (χ1v) is 6.71. The van der Waals surface area contributed by atoms with E-state index in [1.54, 1.807) is 6.07 Å². The SMILES string of the molecule is CC[C@@H]1CN(Cc2cc3c(cc2O)OCO3)CCO1. The molecule has 3 rings (SSSR count). The lowest BCUT2D eigenvalue weighted by molar-refractivity contribution is -0.0326. The molecule has 1 atom stereocenters. The zero-order valence-corrected chi connectivity index (χ0v) is 11.1. The number of phenols is 1. The van der Waals surface area contributed by atoms with E-state index in [1.807, 2.05) is 6.07 Å². The molecule has 0 saturated carbocycles. The fourth-order valence-electron chi connectivity index (χ4n) is 2.51. The van der Waals surface area contributed by atoms with Crippen molar-refractivity contribution in [2.24, 2.45) is 0 Å². The highest BCUT2D eigenvalue weighted by Crippen LogP contribution is 2.38. The first kappa shape index (κ1) is 12.6. The second kappa shape index (κ2) is 5.27. The number of benzene rings is 1. The minimum atomic E-state index is 0.230. The van der Waals surface area contributed by atoms with Gasteiger partial charge in [-0.1, -0.05) is 6.92 Å². The van der Waals surface area contributed by atoms with Crippen LogP contribution in [0.4, 0.5) is 0 Å². The molecule has 104 valence electrons. The molecule has 1 aromatic carbocycles. The van der Waals surface area contributed by atoms with E-state index in [9.17, 15) is 5.11 Å². The van der Waals surface area contributed by atoms with Gasteiger partial charge in [0.25, 0.3) is 0 Å². The van der Waals surface area contributed by atoms with Crippen LogP contribution in [0.1, 0.15) is 18.9 Å². The van der Waals surface area contributed by atoms with Crippen molar-refractivity contribution in [2.45, 2.75) is 26.0 Å². The highest BCUT2D eigenvalue weighted by Gasteiger charge is 2.22. The van der Waals surface area contributed by atoms with Crippen LogP contribution >= 0.6 is 0 Å². The molecule has 1 N–H and O–H groups in total. The van der Waals surface area contributed by atoms with Crippen LogP contribution in [0, 0.1) is 0 Å². The molecule has 5 nitrogen and oxygen atoms in total. The Kier molecular flexibility index (Phi) is 3.48. The van der Waals surface area contributed by atoms with Gasteiger partial charge in [-0.05, 0) is 12.5 Å². The molecule has 1 aromatic rings. The van der Waals surface area contributed by atoms with Crippen LogP contribution in [-0.2, 0) is 11.3 Å². The Balaban J connectivity index is 1.72. The summed E-state index contributed by atoms with van der Waals surface area (Å²) in [6.07, 6.45) is 1.31. The van der Waals surface area contributed by atoms with Gasteiger partial charge in [0.15, 0.2) is 11.5 Å². The fraction of sp³-hybridized carbons (Fsp3) is 0.571. The third kappa shape index (κ3) is 2.62. The minimum absolute atomic E-state index is 0.230. The maximum absolute atomic E-state index is 10.0. The number of rotatable bonds is 3. The van der Waals surface area contributed by atoms with Gasteiger partial charge >= 0.3 is 0 Å². The minimum Gasteiger partial charge on any atom is -0.507 e. The summed E-state index contributed by atoms with van der Waals surface area (Å²) in [5.41, 5.74) is 0.876. The van der Waals surface area contributed by atoms with Crippen LogP contribution in [0.15, 0.2) is 12.1 Å². The van der Waals surface area contributed by atoms with E-state index >= 15 is 0 Å². The van der Waals surface area contributed by atoms with Crippen molar-refractivity contribution in [3.63, 3.8) is 0 Å². The summed E-state index contributed by atoms with van der Waals surface area (Å²) in [5.74, 6) is 1.60. The van der Waals surface area contributed by atoms with Gasteiger partial charge in [0.2, 0.25) is 6.79 Å². The molecular weight excluding hydrogens is 246 g/mol. The smallest absolute Gasteiger partial charge is 0.231 e. The fourth-order valence-corrected chi connectivity index (χ4v) is 2.51. The quantitative estimate of drug-likeness (QED) is 0.902. The Morgan fingerprint density at radius 3 is 2.89 bits per heavy atom. The van der Waals surface area contributed by atoms with Gasteiger partial charge in [-0.2, -0.15) is 0 Å². The largest absolute Gasteiger partial charge is 0.507 e. The number of hydrogen-bond donors (Lipinski definition) is 1. The number of fused-ring (bicyclic) bond motifs is 1. The van der Waals surface area contributed by atoms with E-state index in [-0.39, 0.29) is 12.5 Å². The predicted molar refractivity (Wildman–Crippen MR) is 69.5 cm³/mol. The summed E-state index contributed by atoms with van der Waals surface area (Å²) in [4.78, 5) is 2.30. The van der Waals surface area contributed by atoms with Crippen LogP contribution < -0.4 is 9.47 Å². The van der Waals surface area contributed by atoms with Crippen molar-refractivity contribution in [3.8, 4) is 17.2 Å². The lowest BCUT2D eigenvalue weighted by Crippen LogP contribution is -2.41. The first-order chi connectivity index (χ1) is 9.26. The van der Waals surface area contributed by atoms with Crippen LogP contribution in [0.3, 0.4) is 0 Å². The van der Waals surface area contributed by atoms with E-state index < -0.39 is 0 Å². The summed E-state index contributed by atoms with van der Waals surface area (Å²) >= 11 is 0. The molecule has 0 aliphatic carbocycles. The molecule has 0 aromatic heterocycles. The maximum atomic E-state index is 10.0. The standard InChI is InChI=1S/C14H19NO4/c1-2-11-8-15(3-4-17-11)7-10-5-13-14(6-12(10)16)19-9-18-13/h5-6,11,16H,2-4,7-9H2,1H3/t11-/m1/s1. The predicted octanol–water partition coefficient (Wildman–Crippen LogP) is 1.73. The van der Waals surface area contributed by atoms with Gasteiger partial charge in [0.1, 0.15) is 5.75 Å². The number of phenolic OH excluding ortho intramolecular Hbond substituents is 1. The number of ether oxygens (including phenoxy) is 3. The molecule has 0 amide bonds. The average molecular weight is 265 g/mol. The molecule has 2 heterocycles. The number of aromatic hydroxyl groups is 1. The molecular formula is C14H19NO4. The Labute approximate surface area is 112 Å². The number of nitrogens with zero attached hydrogens (tertiary/aromatic N) is 1. The van der Waals surface area contributed by atoms with Gasteiger partial charge in [-0.3, -0.25) is 4.90 Å². The van der Waals surface area contributed by atoms with Gasteiger partial charge in [0, 0.05) is 31.3 Å². The molecule has 1 fully saturated rings. The monoisotopic (exact) mass is 265 g/mol. The second-order valence-electron chi connectivity index (χ2n) is 4.97. The molecule has 0 spiro atoms. The van der Waals surface area contributed by atoms with Crippen molar-refractivity contribution >= 4 is 0 Å². The van der Waals surface area contributed by atoms with E-state index in [2.05, 4.69) is 11.8 Å². The van der Waals surface area contributed by atoms with Gasteiger partial charge in [-0.25, -0.2) is 0 Å². The summed E-state index contributed by atoms with van der Waals surface area (Å²) in [7, 11) is 0. The molecule has 5 heteroatoms. The molecule has 1 saturated heterocycles. The highest BCUT2D eigenvalue weighted by molar-refractivity contribution is 5.51. The summed E-state index contributed by atoms with van der Waals surface area (Å²) in [6, 6.07) is 3.50. The topological polar surface area (TPSA) is 51.2 Å². The van der Waals surface area contributed by atoms with E-state index in [4.69, 9.17) is 14.2 Å². The third-order valence-electron chi connectivity index (χ3n) is 3.65. The van der Waals surface area contributed by atoms with Crippen molar-refractivity contribution in [3.05, 3.63) is 17.7 Å². The van der Waals surface area contributed by atoms with Crippen LogP contribution in [0.5, 0.6) is 17.2 Å². The molecule has 2 aliphatic heterocycles. The Morgan fingerprint density at radius 2 is 2.11 bits per heavy atom. The lowest BCUT2D eigenvalue weighted by Gasteiger charge is -2.32. The summed E-state index contributed by atoms with van der Waals surface area (Å²) in [5, 5.41) is 10.0. The number of morpholine rings is 1. The van der Waals surface area contributed by atoms with Gasteiger partial charge < -0.3 is 19.3 Å². The molecule has 19 heavy (non-hydrogen) atoms. The summed E-state index contributed by atoms with van der Waals surface area (Å²) in [6.45, 7) is 5.63. The zero-order valence-electron chi connectivity index (χ0n) is 11.1. The van der Waals surface area contributed by atoms with E-state index in [0.717, 1.165) is 31.7 Å². The van der Waals surface area contributed by atoms with E-state index in [1.165, 1.54) is 0 Å². The first-order valence-electron chi connectivity index (χ1n) is 6.71. The highest BCUT2D eigenvalue weighted by atomic mass is 16.7. The van der Waals surface area contributed by atoms with Crippen molar-refractivity contribution in [1.29, 1.82) is 0 Å².